The molecule has 1 unspecified atom stereocenters. The first-order valence-electron chi connectivity index (χ1n) is 10.8. The minimum absolute atomic E-state index is 0.127. The zero-order valence-corrected chi connectivity index (χ0v) is 17.3. The fourth-order valence-electron chi connectivity index (χ4n) is 5.03. The molecule has 1 amide bonds. The zero-order valence-electron chi connectivity index (χ0n) is 17.3. The van der Waals surface area contributed by atoms with Crippen molar-refractivity contribution in [3.63, 3.8) is 0 Å². The van der Waals surface area contributed by atoms with Gasteiger partial charge in [-0.1, -0.05) is 26.0 Å². The van der Waals surface area contributed by atoms with Gasteiger partial charge in [0.15, 0.2) is 0 Å². The third-order valence-corrected chi connectivity index (χ3v) is 6.87. The fourth-order valence-corrected chi connectivity index (χ4v) is 5.03. The minimum Gasteiger partial charge on any atom is -0.393 e. The number of likely N-dealkylation sites (tertiary alicyclic amines) is 1. The first kappa shape index (κ1) is 18.7. The van der Waals surface area contributed by atoms with Crippen molar-refractivity contribution in [3.05, 3.63) is 34.7 Å². The number of carbonyl (C=O) groups excluding carboxylic acids is 1. The average Bonchev–Trinajstić information content (AvgIpc) is 3.29. The van der Waals surface area contributed by atoms with Gasteiger partial charge in [-0.05, 0) is 49.1 Å². The second kappa shape index (κ2) is 6.87. The maximum atomic E-state index is 12.9. The van der Waals surface area contributed by atoms with E-state index < -0.39 is 0 Å². The van der Waals surface area contributed by atoms with Crippen LogP contribution in [0.25, 0.3) is 17.5 Å². The summed E-state index contributed by atoms with van der Waals surface area (Å²) in [6.45, 7) is 5.94. The smallest absolute Gasteiger partial charge is 0.229 e. The summed E-state index contributed by atoms with van der Waals surface area (Å²) in [6.07, 6.45) is 9.17. The molecule has 0 bridgehead atoms. The number of H-pyrrole nitrogens is 2. The van der Waals surface area contributed by atoms with E-state index in [-0.39, 0.29) is 17.9 Å². The van der Waals surface area contributed by atoms with Gasteiger partial charge in [-0.15, -0.1) is 0 Å². The molecule has 3 aliphatic rings. The lowest BCUT2D eigenvalue weighted by atomic mass is 9.76. The summed E-state index contributed by atoms with van der Waals surface area (Å²) in [6, 6.07) is 2.17. The van der Waals surface area contributed by atoms with E-state index in [1.807, 2.05) is 11.0 Å². The minimum atomic E-state index is -0.260. The Morgan fingerprint density at radius 3 is 2.86 bits per heavy atom. The van der Waals surface area contributed by atoms with Gasteiger partial charge in [-0.3, -0.25) is 9.89 Å². The second-order valence-electron chi connectivity index (χ2n) is 9.71. The van der Waals surface area contributed by atoms with Gasteiger partial charge in [0.2, 0.25) is 5.91 Å². The number of hydrogen-bond acceptors (Lipinski definition) is 3. The summed E-state index contributed by atoms with van der Waals surface area (Å²) in [5, 5.41) is 17.6. The first-order chi connectivity index (χ1) is 13.9. The van der Waals surface area contributed by atoms with Crippen molar-refractivity contribution in [1.29, 1.82) is 0 Å². The summed E-state index contributed by atoms with van der Waals surface area (Å²) >= 11 is 0. The van der Waals surface area contributed by atoms with Gasteiger partial charge in [0.1, 0.15) is 5.69 Å². The van der Waals surface area contributed by atoms with Gasteiger partial charge in [0.25, 0.3) is 0 Å². The summed E-state index contributed by atoms with van der Waals surface area (Å²) in [5.41, 5.74) is 7.28. The van der Waals surface area contributed by atoms with Crippen molar-refractivity contribution in [2.24, 2.45) is 11.3 Å². The number of aliphatic hydroxyl groups excluding tert-OH is 1. The molecule has 6 heteroatoms. The van der Waals surface area contributed by atoms with Gasteiger partial charge in [0, 0.05) is 36.5 Å². The van der Waals surface area contributed by atoms with Gasteiger partial charge in [-0.2, -0.15) is 5.10 Å². The van der Waals surface area contributed by atoms with E-state index >= 15 is 0 Å². The number of carbonyl (C=O) groups is 1. The highest BCUT2D eigenvalue weighted by atomic mass is 16.3. The van der Waals surface area contributed by atoms with E-state index in [4.69, 9.17) is 0 Å². The lowest BCUT2D eigenvalue weighted by molar-refractivity contribution is -0.136. The van der Waals surface area contributed by atoms with Crippen molar-refractivity contribution in [3.8, 4) is 11.4 Å². The van der Waals surface area contributed by atoms with Gasteiger partial charge in [0.05, 0.1) is 17.7 Å². The highest BCUT2D eigenvalue weighted by molar-refractivity contribution is 5.83. The average molecular weight is 395 g/mol. The molecule has 1 fully saturated rings. The summed E-state index contributed by atoms with van der Waals surface area (Å²) in [4.78, 5) is 18.4. The van der Waals surface area contributed by atoms with Crippen LogP contribution in [0.2, 0.25) is 0 Å². The quantitative estimate of drug-likeness (QED) is 0.732. The standard InChI is InChI=1S/C23H30N4O2/c1-23(2)8-5-17-20(13-23)25-26-21(17)19-11-14-3-4-15(12-18(14)24-19)22(29)27-9-6-16(28)7-10-27/h3-4,11,15-16,24,28H,5-10,12-13H2,1-2H3,(H,25,26). The zero-order chi connectivity index (χ0) is 20.2. The van der Waals surface area contributed by atoms with Crippen molar-refractivity contribution in [2.45, 2.75) is 58.5 Å². The number of amides is 1. The number of piperidine rings is 1. The van der Waals surface area contributed by atoms with Crippen LogP contribution in [0.4, 0.5) is 0 Å². The van der Waals surface area contributed by atoms with Crippen molar-refractivity contribution in [1.82, 2.24) is 20.1 Å². The van der Waals surface area contributed by atoms with Gasteiger partial charge < -0.3 is 15.0 Å². The van der Waals surface area contributed by atoms with Crippen molar-refractivity contribution < 1.29 is 9.90 Å². The number of aromatic amines is 2. The maximum Gasteiger partial charge on any atom is 0.229 e. The largest absolute Gasteiger partial charge is 0.393 e. The topological polar surface area (TPSA) is 85.0 Å². The van der Waals surface area contributed by atoms with E-state index in [2.05, 4.69) is 41.2 Å². The van der Waals surface area contributed by atoms with Crippen LogP contribution >= 0.6 is 0 Å². The van der Waals surface area contributed by atoms with E-state index in [1.165, 1.54) is 17.7 Å². The highest BCUT2D eigenvalue weighted by Gasteiger charge is 2.31. The second-order valence-corrected chi connectivity index (χ2v) is 9.71. The molecule has 0 radical (unpaired) electrons. The van der Waals surface area contributed by atoms with Crippen LogP contribution in [0.5, 0.6) is 0 Å². The fraction of sp³-hybridized carbons (Fsp3) is 0.565. The molecule has 2 aromatic rings. The molecule has 154 valence electrons. The summed E-state index contributed by atoms with van der Waals surface area (Å²) in [5.74, 6) is 0.0486. The third-order valence-electron chi connectivity index (χ3n) is 6.87. The van der Waals surface area contributed by atoms with E-state index in [0.717, 1.165) is 35.5 Å². The molecule has 5 rings (SSSR count). The number of nitrogens with zero attached hydrogens (tertiary/aromatic N) is 2. The predicted molar refractivity (Wildman–Crippen MR) is 112 cm³/mol. The van der Waals surface area contributed by atoms with E-state index in [9.17, 15) is 9.90 Å². The van der Waals surface area contributed by atoms with Crippen LogP contribution in [0.3, 0.4) is 0 Å². The third kappa shape index (κ3) is 3.44. The lowest BCUT2D eigenvalue weighted by Crippen LogP contribution is -2.43. The summed E-state index contributed by atoms with van der Waals surface area (Å²) < 4.78 is 0. The summed E-state index contributed by atoms with van der Waals surface area (Å²) in [7, 11) is 0. The molecule has 1 aliphatic heterocycles. The molecule has 0 aromatic carbocycles. The molecule has 2 aromatic heterocycles. The molecular weight excluding hydrogens is 364 g/mol. The first-order valence-corrected chi connectivity index (χ1v) is 10.8. The van der Waals surface area contributed by atoms with Gasteiger partial charge >= 0.3 is 0 Å². The Balaban J connectivity index is 1.34. The van der Waals surface area contributed by atoms with Crippen LogP contribution in [0.1, 0.15) is 55.6 Å². The number of fused-ring (bicyclic) bond motifs is 2. The van der Waals surface area contributed by atoms with Crippen molar-refractivity contribution in [2.75, 3.05) is 13.1 Å². The lowest BCUT2D eigenvalue weighted by Gasteiger charge is -2.32. The number of rotatable bonds is 2. The number of hydrogen-bond donors (Lipinski definition) is 3. The van der Waals surface area contributed by atoms with Crippen LogP contribution in [-0.2, 0) is 24.1 Å². The molecular formula is C23H30N4O2. The maximum absolute atomic E-state index is 12.9. The molecule has 0 spiro atoms. The molecule has 1 atom stereocenters. The molecule has 3 N–H and O–H groups in total. The van der Waals surface area contributed by atoms with Crippen LogP contribution in [0.15, 0.2) is 12.1 Å². The number of nitrogens with one attached hydrogen (secondary N) is 2. The molecule has 0 saturated carbocycles. The Labute approximate surface area is 171 Å². The Hall–Kier alpha value is -2.34. The van der Waals surface area contributed by atoms with Crippen LogP contribution < -0.4 is 0 Å². The normalized spacial score (nSPS) is 23.7. The molecule has 3 heterocycles. The molecule has 29 heavy (non-hydrogen) atoms. The number of aromatic nitrogens is 3. The number of aliphatic hydroxyl groups is 1. The van der Waals surface area contributed by atoms with E-state index in [1.54, 1.807) is 0 Å². The Bertz CT molecular complexity index is 960. The van der Waals surface area contributed by atoms with Crippen molar-refractivity contribution >= 4 is 12.0 Å². The predicted octanol–water partition coefficient (Wildman–Crippen LogP) is 3.09. The molecule has 1 saturated heterocycles. The van der Waals surface area contributed by atoms with E-state index in [0.29, 0.717) is 37.8 Å². The molecule has 2 aliphatic carbocycles. The van der Waals surface area contributed by atoms with Crippen LogP contribution in [-0.4, -0.2) is 50.3 Å². The van der Waals surface area contributed by atoms with Crippen LogP contribution in [0, 0.1) is 11.3 Å². The monoisotopic (exact) mass is 394 g/mol. The highest BCUT2D eigenvalue weighted by Crippen LogP contribution is 2.38. The Kier molecular flexibility index (Phi) is 4.42. The van der Waals surface area contributed by atoms with Gasteiger partial charge in [-0.25, -0.2) is 0 Å². The Morgan fingerprint density at radius 1 is 1.28 bits per heavy atom. The Morgan fingerprint density at radius 2 is 2.07 bits per heavy atom. The molecule has 6 nitrogen and oxygen atoms in total. The SMILES string of the molecule is CC1(C)CCc2c(-c3cc4c([nH]3)CC(C(=O)N3CCC(O)CC3)C=C4)n[nH]c2C1.